The number of benzene rings is 3. The number of aryl methyl sites for hydroxylation is 1. The number of aromatic nitrogens is 4. The maximum absolute atomic E-state index is 13.4. The molecule has 7 heteroatoms. The molecule has 0 fully saturated rings. The Kier molecular flexibility index (Phi) is 4.86. The smallest absolute Gasteiger partial charge is 0.263 e. The minimum absolute atomic E-state index is 0.0973. The molecular formula is C25H22N4O3. The van der Waals surface area contributed by atoms with Gasteiger partial charge >= 0.3 is 0 Å². The molecule has 0 N–H and O–H groups in total. The van der Waals surface area contributed by atoms with E-state index in [1.807, 2.05) is 78.1 Å². The first-order valence-corrected chi connectivity index (χ1v) is 10.3. The molecule has 7 nitrogen and oxygen atoms in total. The van der Waals surface area contributed by atoms with Gasteiger partial charge in [-0.15, -0.1) is 10.2 Å². The fraction of sp³-hybridized carbons (Fsp3) is 0.160. The fourth-order valence-corrected chi connectivity index (χ4v) is 3.94. The molecule has 0 saturated carbocycles. The third kappa shape index (κ3) is 3.19. The van der Waals surface area contributed by atoms with Gasteiger partial charge in [-0.1, -0.05) is 42.0 Å². The maximum Gasteiger partial charge on any atom is 0.263 e. The van der Waals surface area contributed by atoms with Gasteiger partial charge in [0.1, 0.15) is 0 Å². The summed E-state index contributed by atoms with van der Waals surface area (Å²) < 4.78 is 14.4. The summed E-state index contributed by atoms with van der Waals surface area (Å²) in [6, 6.07) is 21.2. The van der Waals surface area contributed by atoms with Crippen molar-refractivity contribution in [2.45, 2.75) is 13.5 Å². The molecule has 3 aromatic carbocycles. The first-order chi connectivity index (χ1) is 15.6. The van der Waals surface area contributed by atoms with Crippen molar-refractivity contribution in [1.29, 1.82) is 0 Å². The van der Waals surface area contributed by atoms with E-state index in [1.165, 1.54) is 5.56 Å². The van der Waals surface area contributed by atoms with E-state index in [1.54, 1.807) is 18.8 Å². The highest BCUT2D eigenvalue weighted by molar-refractivity contribution is 5.82. The SMILES string of the molecule is COc1ccc(-c2nnc3n(Cc4ccc(C)cc4)c(=O)c4ccccc4n23)cc1OC. The quantitative estimate of drug-likeness (QED) is 0.423. The first kappa shape index (κ1) is 19.8. The topological polar surface area (TPSA) is 70.7 Å². The van der Waals surface area contributed by atoms with Gasteiger partial charge in [-0.3, -0.25) is 13.8 Å². The minimum atomic E-state index is -0.0973. The average molecular weight is 426 g/mol. The van der Waals surface area contributed by atoms with Crippen LogP contribution in [0.25, 0.3) is 28.1 Å². The van der Waals surface area contributed by atoms with E-state index >= 15 is 0 Å². The molecule has 0 bridgehead atoms. The molecule has 0 spiro atoms. The third-order valence-electron chi connectivity index (χ3n) is 5.61. The average Bonchev–Trinajstić information content (AvgIpc) is 3.27. The van der Waals surface area contributed by atoms with Crippen LogP contribution >= 0.6 is 0 Å². The highest BCUT2D eigenvalue weighted by atomic mass is 16.5. The van der Waals surface area contributed by atoms with Gasteiger partial charge in [-0.25, -0.2) is 0 Å². The molecule has 0 aliphatic heterocycles. The van der Waals surface area contributed by atoms with E-state index in [4.69, 9.17) is 9.47 Å². The van der Waals surface area contributed by atoms with Gasteiger partial charge in [0.25, 0.3) is 5.56 Å². The van der Waals surface area contributed by atoms with Crippen LogP contribution in [-0.4, -0.2) is 33.4 Å². The monoisotopic (exact) mass is 426 g/mol. The van der Waals surface area contributed by atoms with Gasteiger partial charge in [0.05, 0.1) is 31.7 Å². The van der Waals surface area contributed by atoms with Crippen LogP contribution in [0.1, 0.15) is 11.1 Å². The highest BCUT2D eigenvalue weighted by Gasteiger charge is 2.19. The standard InChI is InChI=1S/C25H22N4O3/c1-16-8-10-17(11-9-16)15-28-24(30)19-6-4-5-7-20(19)29-23(26-27-25(28)29)18-12-13-21(31-2)22(14-18)32-3/h4-14H,15H2,1-3H3. The van der Waals surface area contributed by atoms with Crippen molar-refractivity contribution < 1.29 is 9.47 Å². The highest BCUT2D eigenvalue weighted by Crippen LogP contribution is 2.32. The maximum atomic E-state index is 13.4. The van der Waals surface area contributed by atoms with Crippen LogP contribution in [0.5, 0.6) is 11.5 Å². The molecule has 0 radical (unpaired) electrons. The number of para-hydroxylation sites is 1. The molecule has 0 unspecified atom stereocenters. The Hall–Kier alpha value is -4.13. The van der Waals surface area contributed by atoms with Crippen LogP contribution in [0.2, 0.25) is 0 Å². The molecule has 0 saturated heterocycles. The van der Waals surface area contributed by atoms with Crippen molar-refractivity contribution in [2.24, 2.45) is 0 Å². The van der Waals surface area contributed by atoms with E-state index < -0.39 is 0 Å². The largest absolute Gasteiger partial charge is 0.493 e. The van der Waals surface area contributed by atoms with Gasteiger partial charge in [0, 0.05) is 5.56 Å². The van der Waals surface area contributed by atoms with Gasteiger partial charge in [0.2, 0.25) is 5.78 Å². The molecule has 2 heterocycles. The predicted molar refractivity (Wildman–Crippen MR) is 124 cm³/mol. The second-order valence-corrected chi connectivity index (χ2v) is 7.62. The Morgan fingerprint density at radius 3 is 2.38 bits per heavy atom. The van der Waals surface area contributed by atoms with Crippen molar-refractivity contribution in [3.8, 4) is 22.9 Å². The summed E-state index contributed by atoms with van der Waals surface area (Å²) in [6.07, 6.45) is 0. The van der Waals surface area contributed by atoms with Crippen LogP contribution in [0.3, 0.4) is 0 Å². The van der Waals surface area contributed by atoms with Crippen LogP contribution in [0.4, 0.5) is 0 Å². The fourth-order valence-electron chi connectivity index (χ4n) is 3.94. The number of hydrogen-bond donors (Lipinski definition) is 0. The van der Waals surface area contributed by atoms with Crippen molar-refractivity contribution in [3.05, 3.63) is 88.2 Å². The molecule has 5 rings (SSSR count). The number of hydrogen-bond acceptors (Lipinski definition) is 5. The zero-order chi connectivity index (χ0) is 22.2. The van der Waals surface area contributed by atoms with Crippen molar-refractivity contribution in [2.75, 3.05) is 14.2 Å². The summed E-state index contributed by atoms with van der Waals surface area (Å²) in [5.41, 5.74) is 3.65. The summed E-state index contributed by atoms with van der Waals surface area (Å²) in [7, 11) is 3.19. The minimum Gasteiger partial charge on any atom is -0.493 e. The lowest BCUT2D eigenvalue weighted by Gasteiger charge is -2.12. The summed E-state index contributed by atoms with van der Waals surface area (Å²) in [5, 5.41) is 9.49. The Morgan fingerprint density at radius 1 is 0.875 bits per heavy atom. The summed E-state index contributed by atoms with van der Waals surface area (Å²) in [4.78, 5) is 13.4. The lowest BCUT2D eigenvalue weighted by Crippen LogP contribution is -2.24. The van der Waals surface area contributed by atoms with E-state index in [0.717, 1.165) is 16.6 Å². The van der Waals surface area contributed by atoms with Crippen LogP contribution in [0, 0.1) is 6.92 Å². The zero-order valence-electron chi connectivity index (χ0n) is 18.1. The lowest BCUT2D eigenvalue weighted by atomic mass is 10.1. The zero-order valence-corrected chi connectivity index (χ0v) is 18.1. The number of ether oxygens (including phenoxy) is 2. The molecule has 0 aliphatic rings. The molecule has 32 heavy (non-hydrogen) atoms. The van der Waals surface area contributed by atoms with Gasteiger partial charge in [-0.05, 0) is 42.8 Å². The first-order valence-electron chi connectivity index (χ1n) is 10.3. The molecule has 0 aliphatic carbocycles. The normalized spacial score (nSPS) is 11.2. The third-order valence-corrected chi connectivity index (χ3v) is 5.61. The Balaban J connectivity index is 1.78. The van der Waals surface area contributed by atoms with Gasteiger partial charge < -0.3 is 9.47 Å². The molecule has 5 aromatic rings. The molecule has 160 valence electrons. The number of fused-ring (bicyclic) bond motifs is 3. The Morgan fingerprint density at radius 2 is 1.62 bits per heavy atom. The second-order valence-electron chi connectivity index (χ2n) is 7.62. The van der Waals surface area contributed by atoms with Crippen molar-refractivity contribution in [1.82, 2.24) is 19.2 Å². The van der Waals surface area contributed by atoms with Gasteiger partial charge in [0.15, 0.2) is 17.3 Å². The van der Waals surface area contributed by atoms with Crippen LogP contribution in [-0.2, 0) is 6.54 Å². The summed E-state index contributed by atoms with van der Waals surface area (Å²) in [5.74, 6) is 2.33. The molecule has 0 amide bonds. The molecular weight excluding hydrogens is 404 g/mol. The predicted octanol–water partition coefficient (Wildman–Crippen LogP) is 4.09. The van der Waals surface area contributed by atoms with E-state index in [0.29, 0.717) is 35.0 Å². The molecule has 0 atom stereocenters. The Labute approximate surface area is 184 Å². The van der Waals surface area contributed by atoms with E-state index in [9.17, 15) is 4.79 Å². The van der Waals surface area contributed by atoms with E-state index in [-0.39, 0.29) is 5.56 Å². The molecule has 2 aromatic heterocycles. The van der Waals surface area contributed by atoms with Crippen LogP contribution < -0.4 is 15.0 Å². The van der Waals surface area contributed by atoms with Crippen molar-refractivity contribution in [3.63, 3.8) is 0 Å². The number of rotatable bonds is 5. The van der Waals surface area contributed by atoms with Crippen LogP contribution in [0.15, 0.2) is 71.5 Å². The second kappa shape index (κ2) is 7.85. The lowest BCUT2D eigenvalue weighted by molar-refractivity contribution is 0.355. The number of methoxy groups -OCH3 is 2. The Bertz CT molecular complexity index is 1500. The van der Waals surface area contributed by atoms with E-state index in [2.05, 4.69) is 10.2 Å². The summed E-state index contributed by atoms with van der Waals surface area (Å²) in [6.45, 7) is 2.44. The summed E-state index contributed by atoms with van der Waals surface area (Å²) >= 11 is 0. The number of nitrogens with zero attached hydrogens (tertiary/aromatic N) is 4. The van der Waals surface area contributed by atoms with Crippen molar-refractivity contribution >= 4 is 16.7 Å². The van der Waals surface area contributed by atoms with Gasteiger partial charge in [-0.2, -0.15) is 0 Å².